The Labute approximate surface area is 110 Å². The zero-order chi connectivity index (χ0) is 13.5. The van der Waals surface area contributed by atoms with E-state index in [4.69, 9.17) is 4.74 Å². The zero-order valence-electron chi connectivity index (χ0n) is 11.9. The number of aliphatic hydroxyl groups is 1. The molecule has 1 N–H and O–H groups in total. The number of hydrogen-bond acceptors (Lipinski definition) is 3. The van der Waals surface area contributed by atoms with Gasteiger partial charge in [-0.15, -0.1) is 0 Å². The molecule has 0 spiro atoms. The molecule has 0 saturated heterocycles. The van der Waals surface area contributed by atoms with Crippen LogP contribution in [0.3, 0.4) is 0 Å². The molecule has 0 bridgehead atoms. The molecular weight excluding hydrogens is 226 g/mol. The number of aliphatic hydroxyl groups excluding tert-OH is 1. The summed E-state index contributed by atoms with van der Waals surface area (Å²) in [6, 6.07) is 6.13. The largest absolute Gasteiger partial charge is 0.387 e. The van der Waals surface area contributed by atoms with Crippen LogP contribution in [0.5, 0.6) is 0 Å². The first-order valence-electron chi connectivity index (χ1n) is 6.56. The van der Waals surface area contributed by atoms with E-state index in [1.165, 1.54) is 11.1 Å². The molecule has 0 radical (unpaired) electrons. The normalized spacial score (nSPS) is 13.0. The molecule has 1 unspecified atom stereocenters. The molecule has 0 amide bonds. The molecule has 3 heteroatoms. The minimum Gasteiger partial charge on any atom is -0.387 e. The zero-order valence-corrected chi connectivity index (χ0v) is 11.9. The minimum atomic E-state index is -0.434. The Bertz CT molecular complexity index is 366. The van der Waals surface area contributed by atoms with Gasteiger partial charge < -0.3 is 14.7 Å². The van der Waals surface area contributed by atoms with Crippen LogP contribution in [0.1, 0.15) is 29.7 Å². The molecule has 1 aromatic rings. The van der Waals surface area contributed by atoms with Crippen LogP contribution >= 0.6 is 0 Å². The predicted octanol–water partition coefficient (Wildman–Crippen LogP) is 2.31. The highest BCUT2D eigenvalue weighted by molar-refractivity contribution is 5.31. The van der Waals surface area contributed by atoms with Crippen LogP contribution in [-0.4, -0.2) is 43.4 Å². The average Bonchev–Trinajstić information content (AvgIpc) is 2.33. The molecule has 0 aromatic heterocycles. The van der Waals surface area contributed by atoms with Crippen molar-refractivity contribution in [3.63, 3.8) is 0 Å². The summed E-state index contributed by atoms with van der Waals surface area (Å²) in [7, 11) is 2.00. The summed E-state index contributed by atoms with van der Waals surface area (Å²) in [6.07, 6.45) is -0.434. The van der Waals surface area contributed by atoms with E-state index < -0.39 is 6.10 Å². The van der Waals surface area contributed by atoms with Crippen molar-refractivity contribution in [1.82, 2.24) is 4.90 Å². The maximum absolute atomic E-state index is 10.2. The van der Waals surface area contributed by atoms with Gasteiger partial charge in [-0.1, -0.05) is 18.2 Å². The lowest BCUT2D eigenvalue weighted by Crippen LogP contribution is -2.28. The van der Waals surface area contributed by atoms with E-state index in [1.807, 2.05) is 20.0 Å². The number of hydrogen-bond donors (Lipinski definition) is 1. The Balaban J connectivity index is 2.48. The molecule has 18 heavy (non-hydrogen) atoms. The fourth-order valence-corrected chi connectivity index (χ4v) is 1.83. The fourth-order valence-electron chi connectivity index (χ4n) is 1.83. The smallest absolute Gasteiger partial charge is 0.0916 e. The van der Waals surface area contributed by atoms with Crippen molar-refractivity contribution in [3.8, 4) is 0 Å². The van der Waals surface area contributed by atoms with Crippen LogP contribution in [0, 0.1) is 13.8 Å². The lowest BCUT2D eigenvalue weighted by atomic mass is 10.0. The number of likely N-dealkylation sites (N-methyl/N-ethyl adjacent to an activating group) is 1. The van der Waals surface area contributed by atoms with E-state index in [-0.39, 0.29) is 0 Å². The molecule has 0 fully saturated rings. The molecule has 0 aliphatic carbocycles. The predicted molar refractivity (Wildman–Crippen MR) is 74.9 cm³/mol. The van der Waals surface area contributed by atoms with E-state index in [9.17, 15) is 5.11 Å². The second-order valence-electron chi connectivity index (χ2n) is 4.82. The Morgan fingerprint density at radius 2 is 2.00 bits per heavy atom. The van der Waals surface area contributed by atoms with Crippen molar-refractivity contribution >= 4 is 0 Å². The van der Waals surface area contributed by atoms with Gasteiger partial charge in [0.1, 0.15) is 0 Å². The van der Waals surface area contributed by atoms with Crippen LogP contribution in [0.15, 0.2) is 18.2 Å². The summed E-state index contributed by atoms with van der Waals surface area (Å²) in [5.41, 5.74) is 3.47. The Morgan fingerprint density at radius 1 is 1.28 bits per heavy atom. The van der Waals surface area contributed by atoms with Crippen molar-refractivity contribution in [2.45, 2.75) is 26.9 Å². The highest BCUT2D eigenvalue weighted by Gasteiger charge is 2.11. The third-order valence-electron chi connectivity index (χ3n) is 3.22. The number of rotatable bonds is 7. The number of benzene rings is 1. The minimum absolute atomic E-state index is 0.434. The molecule has 1 rings (SSSR count). The second-order valence-corrected chi connectivity index (χ2v) is 4.82. The van der Waals surface area contributed by atoms with E-state index in [0.29, 0.717) is 13.2 Å². The Hall–Kier alpha value is -0.900. The molecule has 102 valence electrons. The standard InChI is InChI=1S/C15H25NO2/c1-5-18-9-8-16(4)11-15(17)14-7-6-12(2)13(3)10-14/h6-7,10,15,17H,5,8-9,11H2,1-4H3. The van der Waals surface area contributed by atoms with Crippen LogP contribution in [0.25, 0.3) is 0 Å². The highest BCUT2D eigenvalue weighted by Crippen LogP contribution is 2.17. The van der Waals surface area contributed by atoms with Crippen molar-refractivity contribution in [1.29, 1.82) is 0 Å². The van der Waals surface area contributed by atoms with Crippen LogP contribution < -0.4 is 0 Å². The maximum Gasteiger partial charge on any atom is 0.0916 e. The summed E-state index contributed by atoms with van der Waals surface area (Å²) in [6.45, 7) is 9.08. The van der Waals surface area contributed by atoms with Gasteiger partial charge in [0.2, 0.25) is 0 Å². The molecule has 0 aliphatic rings. The molecule has 0 aliphatic heterocycles. The van der Waals surface area contributed by atoms with Gasteiger partial charge in [0.15, 0.2) is 0 Å². The quantitative estimate of drug-likeness (QED) is 0.755. The number of aryl methyl sites for hydroxylation is 2. The summed E-state index contributed by atoms with van der Waals surface area (Å²) in [5, 5.41) is 10.2. The first-order valence-corrected chi connectivity index (χ1v) is 6.56. The summed E-state index contributed by atoms with van der Waals surface area (Å²) >= 11 is 0. The molecule has 1 atom stereocenters. The second kappa shape index (κ2) is 7.52. The monoisotopic (exact) mass is 251 g/mol. The topological polar surface area (TPSA) is 32.7 Å². The SMILES string of the molecule is CCOCCN(C)CC(O)c1ccc(C)c(C)c1. The van der Waals surface area contributed by atoms with Crippen molar-refractivity contribution in [3.05, 3.63) is 34.9 Å². The van der Waals surface area contributed by atoms with Crippen LogP contribution in [0.2, 0.25) is 0 Å². The third-order valence-corrected chi connectivity index (χ3v) is 3.22. The summed E-state index contributed by atoms with van der Waals surface area (Å²) in [5.74, 6) is 0. The van der Waals surface area contributed by atoms with Gasteiger partial charge in [0, 0.05) is 19.7 Å². The van der Waals surface area contributed by atoms with Crippen LogP contribution in [-0.2, 0) is 4.74 Å². The Kier molecular flexibility index (Phi) is 6.33. The van der Waals surface area contributed by atoms with E-state index in [1.54, 1.807) is 0 Å². The van der Waals surface area contributed by atoms with Gasteiger partial charge in [0.05, 0.1) is 12.7 Å². The summed E-state index contributed by atoms with van der Waals surface area (Å²) in [4.78, 5) is 2.09. The lowest BCUT2D eigenvalue weighted by molar-refractivity contribution is 0.0890. The van der Waals surface area contributed by atoms with Gasteiger partial charge in [-0.05, 0) is 44.5 Å². The van der Waals surface area contributed by atoms with E-state index in [0.717, 1.165) is 18.7 Å². The van der Waals surface area contributed by atoms with Crippen molar-refractivity contribution < 1.29 is 9.84 Å². The highest BCUT2D eigenvalue weighted by atomic mass is 16.5. The molecule has 0 heterocycles. The molecule has 1 aromatic carbocycles. The Morgan fingerprint density at radius 3 is 2.61 bits per heavy atom. The van der Waals surface area contributed by atoms with Gasteiger partial charge in [-0.25, -0.2) is 0 Å². The first-order chi connectivity index (χ1) is 8.54. The maximum atomic E-state index is 10.2. The lowest BCUT2D eigenvalue weighted by Gasteiger charge is -2.21. The number of ether oxygens (including phenoxy) is 1. The van der Waals surface area contributed by atoms with Gasteiger partial charge in [-0.2, -0.15) is 0 Å². The van der Waals surface area contributed by atoms with Gasteiger partial charge in [-0.3, -0.25) is 0 Å². The summed E-state index contributed by atoms with van der Waals surface area (Å²) < 4.78 is 5.30. The van der Waals surface area contributed by atoms with Crippen LogP contribution in [0.4, 0.5) is 0 Å². The fraction of sp³-hybridized carbons (Fsp3) is 0.600. The molecular formula is C15H25NO2. The van der Waals surface area contributed by atoms with E-state index >= 15 is 0 Å². The number of nitrogens with zero attached hydrogens (tertiary/aromatic N) is 1. The van der Waals surface area contributed by atoms with Crippen molar-refractivity contribution in [2.24, 2.45) is 0 Å². The van der Waals surface area contributed by atoms with Gasteiger partial charge >= 0.3 is 0 Å². The van der Waals surface area contributed by atoms with E-state index in [2.05, 4.69) is 30.9 Å². The van der Waals surface area contributed by atoms with Crippen molar-refractivity contribution in [2.75, 3.05) is 33.4 Å². The van der Waals surface area contributed by atoms with Gasteiger partial charge in [0.25, 0.3) is 0 Å². The molecule has 3 nitrogen and oxygen atoms in total. The molecule has 0 saturated carbocycles. The average molecular weight is 251 g/mol. The first kappa shape index (κ1) is 15.2. The third kappa shape index (κ3) is 4.77.